The molecule has 0 saturated heterocycles. The molecule has 0 radical (unpaired) electrons. The fourth-order valence-corrected chi connectivity index (χ4v) is 2.51. The molecule has 5 heteroatoms. The summed E-state index contributed by atoms with van der Waals surface area (Å²) in [5, 5.41) is 2.97. The molecule has 0 aromatic carbocycles. The molecule has 1 amide bonds. The van der Waals surface area contributed by atoms with Crippen molar-refractivity contribution in [1.82, 2.24) is 19.9 Å². The zero-order valence-electron chi connectivity index (χ0n) is 11.5. The van der Waals surface area contributed by atoms with Gasteiger partial charge in [0, 0.05) is 31.6 Å². The lowest BCUT2D eigenvalue weighted by Crippen LogP contribution is -2.27. The average molecular weight is 270 g/mol. The van der Waals surface area contributed by atoms with Crippen molar-refractivity contribution in [3.05, 3.63) is 47.8 Å². The Kier molecular flexibility index (Phi) is 3.50. The minimum absolute atomic E-state index is 0.0741. The fourth-order valence-electron chi connectivity index (χ4n) is 2.51. The first-order valence-electron chi connectivity index (χ1n) is 7.01. The molecule has 1 aliphatic heterocycles. The normalized spacial score (nSPS) is 15.4. The predicted octanol–water partition coefficient (Wildman–Crippen LogP) is 2.11. The highest BCUT2D eigenvalue weighted by atomic mass is 16.2. The smallest absolute Gasteiger partial charge is 0.271 e. The first-order chi connectivity index (χ1) is 9.74. The van der Waals surface area contributed by atoms with E-state index in [1.54, 1.807) is 12.4 Å². The maximum atomic E-state index is 12.2. The van der Waals surface area contributed by atoms with Crippen molar-refractivity contribution >= 4 is 5.91 Å². The Morgan fingerprint density at radius 3 is 3.10 bits per heavy atom. The summed E-state index contributed by atoms with van der Waals surface area (Å²) >= 11 is 0. The van der Waals surface area contributed by atoms with E-state index in [4.69, 9.17) is 0 Å². The van der Waals surface area contributed by atoms with Crippen LogP contribution in [0.4, 0.5) is 0 Å². The van der Waals surface area contributed by atoms with E-state index in [1.807, 2.05) is 25.3 Å². The largest absolute Gasteiger partial charge is 0.344 e. The summed E-state index contributed by atoms with van der Waals surface area (Å²) in [4.78, 5) is 20.7. The number of hydrogen-bond acceptors (Lipinski definition) is 3. The summed E-state index contributed by atoms with van der Waals surface area (Å²) in [5.74, 6) is 0.902. The van der Waals surface area contributed by atoms with Crippen molar-refractivity contribution in [1.29, 1.82) is 0 Å². The minimum Gasteiger partial charge on any atom is -0.344 e. The fraction of sp³-hybridized carbons (Fsp3) is 0.400. The molecule has 2 aromatic heterocycles. The number of imidazole rings is 1. The Balaban J connectivity index is 1.71. The average Bonchev–Trinajstić information content (AvgIpc) is 2.92. The molecule has 104 valence electrons. The zero-order chi connectivity index (χ0) is 13.9. The summed E-state index contributed by atoms with van der Waals surface area (Å²) in [6, 6.07) is 3.75. The molecular formula is C15H18N4O. The monoisotopic (exact) mass is 270 g/mol. The Morgan fingerprint density at radius 2 is 2.35 bits per heavy atom. The molecule has 1 N–H and O–H groups in total. The molecule has 20 heavy (non-hydrogen) atoms. The van der Waals surface area contributed by atoms with E-state index in [0.29, 0.717) is 5.69 Å². The highest BCUT2D eigenvalue weighted by Gasteiger charge is 2.18. The Hall–Kier alpha value is -2.17. The van der Waals surface area contributed by atoms with Crippen LogP contribution in [0.25, 0.3) is 0 Å². The molecule has 3 heterocycles. The van der Waals surface area contributed by atoms with Crippen molar-refractivity contribution in [2.75, 3.05) is 0 Å². The summed E-state index contributed by atoms with van der Waals surface area (Å²) in [6.07, 6.45) is 8.64. The molecular weight excluding hydrogens is 252 g/mol. The van der Waals surface area contributed by atoms with Gasteiger partial charge in [-0.2, -0.15) is 0 Å². The van der Waals surface area contributed by atoms with Gasteiger partial charge in [0.15, 0.2) is 0 Å². The molecule has 0 saturated carbocycles. The van der Waals surface area contributed by atoms with Gasteiger partial charge in [0.2, 0.25) is 0 Å². The molecule has 3 rings (SSSR count). The first-order valence-corrected chi connectivity index (χ1v) is 7.01. The van der Waals surface area contributed by atoms with Gasteiger partial charge in [-0.1, -0.05) is 6.07 Å². The van der Waals surface area contributed by atoms with Crippen LogP contribution in [-0.2, 0) is 13.0 Å². The van der Waals surface area contributed by atoms with Crippen molar-refractivity contribution in [2.24, 2.45) is 0 Å². The second kappa shape index (κ2) is 5.45. The third kappa shape index (κ3) is 2.57. The number of nitrogens with zero attached hydrogens (tertiary/aromatic N) is 3. The molecule has 0 fully saturated rings. The van der Waals surface area contributed by atoms with Crippen LogP contribution < -0.4 is 5.32 Å². The molecule has 0 aliphatic carbocycles. The lowest BCUT2D eigenvalue weighted by Gasteiger charge is -2.12. The standard InChI is InChI=1S/C15H18N4O/c1-11(12-5-4-7-16-9-12)17-15(20)13-10-19-8-3-2-6-14(19)18-13/h4-5,7,9-11H,2-3,6,8H2,1H3,(H,17,20)/t11-/m1/s1. The molecule has 1 atom stereocenters. The van der Waals surface area contributed by atoms with Gasteiger partial charge in [0.05, 0.1) is 6.04 Å². The molecule has 0 unspecified atom stereocenters. The van der Waals surface area contributed by atoms with Crippen LogP contribution in [0.1, 0.15) is 47.7 Å². The second-order valence-corrected chi connectivity index (χ2v) is 5.17. The number of aryl methyl sites for hydroxylation is 2. The van der Waals surface area contributed by atoms with Crippen LogP contribution in [0.2, 0.25) is 0 Å². The third-order valence-corrected chi connectivity index (χ3v) is 3.67. The number of carbonyl (C=O) groups excluding carboxylic acids is 1. The van der Waals surface area contributed by atoms with E-state index < -0.39 is 0 Å². The number of rotatable bonds is 3. The van der Waals surface area contributed by atoms with Gasteiger partial charge in [-0.15, -0.1) is 0 Å². The van der Waals surface area contributed by atoms with Crippen molar-refractivity contribution in [3.8, 4) is 0 Å². The summed E-state index contributed by atoms with van der Waals surface area (Å²) in [7, 11) is 0. The Bertz CT molecular complexity index is 582. The van der Waals surface area contributed by atoms with Crippen LogP contribution in [-0.4, -0.2) is 20.4 Å². The maximum Gasteiger partial charge on any atom is 0.271 e. The number of nitrogens with one attached hydrogen (secondary N) is 1. The highest BCUT2D eigenvalue weighted by molar-refractivity contribution is 5.92. The van der Waals surface area contributed by atoms with E-state index in [2.05, 4.69) is 19.9 Å². The van der Waals surface area contributed by atoms with Gasteiger partial charge in [0.1, 0.15) is 11.5 Å². The predicted molar refractivity (Wildman–Crippen MR) is 75.3 cm³/mol. The second-order valence-electron chi connectivity index (χ2n) is 5.17. The summed E-state index contributed by atoms with van der Waals surface area (Å²) in [6.45, 7) is 2.92. The van der Waals surface area contributed by atoms with Crippen molar-refractivity contribution < 1.29 is 4.79 Å². The molecule has 5 nitrogen and oxygen atoms in total. The third-order valence-electron chi connectivity index (χ3n) is 3.67. The van der Waals surface area contributed by atoms with E-state index in [9.17, 15) is 4.79 Å². The first kappa shape index (κ1) is 12.8. The lowest BCUT2D eigenvalue weighted by atomic mass is 10.1. The van der Waals surface area contributed by atoms with Crippen LogP contribution in [0.3, 0.4) is 0 Å². The number of fused-ring (bicyclic) bond motifs is 1. The van der Waals surface area contributed by atoms with Gasteiger partial charge in [-0.05, 0) is 31.4 Å². The Morgan fingerprint density at radius 1 is 1.45 bits per heavy atom. The van der Waals surface area contributed by atoms with Gasteiger partial charge in [-0.25, -0.2) is 4.98 Å². The zero-order valence-corrected chi connectivity index (χ0v) is 11.5. The van der Waals surface area contributed by atoms with Crippen LogP contribution >= 0.6 is 0 Å². The van der Waals surface area contributed by atoms with Crippen molar-refractivity contribution in [2.45, 2.75) is 38.8 Å². The van der Waals surface area contributed by atoms with Crippen molar-refractivity contribution in [3.63, 3.8) is 0 Å². The number of amides is 1. The molecule has 0 bridgehead atoms. The van der Waals surface area contributed by atoms with Crippen LogP contribution in [0, 0.1) is 0 Å². The topological polar surface area (TPSA) is 59.8 Å². The number of carbonyl (C=O) groups is 1. The molecule has 0 spiro atoms. The van der Waals surface area contributed by atoms with E-state index in [1.165, 1.54) is 0 Å². The van der Waals surface area contributed by atoms with E-state index >= 15 is 0 Å². The molecule has 1 aliphatic rings. The number of pyridine rings is 1. The van der Waals surface area contributed by atoms with E-state index in [-0.39, 0.29) is 11.9 Å². The van der Waals surface area contributed by atoms with Gasteiger partial charge in [0.25, 0.3) is 5.91 Å². The van der Waals surface area contributed by atoms with E-state index in [0.717, 1.165) is 37.2 Å². The minimum atomic E-state index is -0.122. The summed E-state index contributed by atoms with van der Waals surface area (Å²) in [5.41, 5.74) is 1.50. The van der Waals surface area contributed by atoms with Gasteiger partial charge in [-0.3, -0.25) is 9.78 Å². The SMILES string of the molecule is C[C@@H](NC(=O)c1cn2c(n1)CCCC2)c1cccnc1. The highest BCUT2D eigenvalue weighted by Crippen LogP contribution is 2.16. The number of aromatic nitrogens is 3. The van der Waals surface area contributed by atoms with Gasteiger partial charge >= 0.3 is 0 Å². The van der Waals surface area contributed by atoms with Crippen LogP contribution in [0.5, 0.6) is 0 Å². The quantitative estimate of drug-likeness (QED) is 0.929. The maximum absolute atomic E-state index is 12.2. The van der Waals surface area contributed by atoms with Gasteiger partial charge < -0.3 is 9.88 Å². The van der Waals surface area contributed by atoms with Crippen LogP contribution in [0.15, 0.2) is 30.7 Å². The Labute approximate surface area is 118 Å². The summed E-state index contributed by atoms with van der Waals surface area (Å²) < 4.78 is 2.09. The number of hydrogen-bond donors (Lipinski definition) is 1. The lowest BCUT2D eigenvalue weighted by molar-refractivity contribution is 0.0935. The molecule has 2 aromatic rings.